The van der Waals surface area contributed by atoms with E-state index in [4.69, 9.17) is 0 Å². The lowest BCUT2D eigenvalue weighted by Gasteiger charge is -2.17. The van der Waals surface area contributed by atoms with Crippen LogP contribution in [0.1, 0.15) is 35.2 Å². The van der Waals surface area contributed by atoms with E-state index in [0.717, 1.165) is 5.56 Å². The molecule has 120 valence electrons. The van der Waals surface area contributed by atoms with Crippen LogP contribution in [0.15, 0.2) is 48.5 Å². The molecule has 0 radical (unpaired) electrons. The summed E-state index contributed by atoms with van der Waals surface area (Å²) >= 11 is 0. The smallest absolute Gasteiger partial charge is 0.253 e. The number of nitrogens with one attached hydrogen (secondary N) is 2. The maximum Gasteiger partial charge on any atom is 0.253 e. The van der Waals surface area contributed by atoms with Crippen molar-refractivity contribution in [3.8, 4) is 0 Å². The van der Waals surface area contributed by atoms with Gasteiger partial charge >= 0.3 is 0 Å². The van der Waals surface area contributed by atoms with E-state index in [0.29, 0.717) is 17.7 Å². The van der Waals surface area contributed by atoms with Crippen molar-refractivity contribution in [2.24, 2.45) is 0 Å². The molecule has 2 aromatic rings. The van der Waals surface area contributed by atoms with Gasteiger partial charge in [0, 0.05) is 7.05 Å². The van der Waals surface area contributed by atoms with Crippen molar-refractivity contribution in [1.29, 1.82) is 0 Å². The molecule has 2 N–H and O–H groups in total. The van der Waals surface area contributed by atoms with E-state index in [2.05, 4.69) is 10.6 Å². The number of rotatable bonds is 5. The topological polar surface area (TPSA) is 58.2 Å². The Morgan fingerprint density at radius 2 is 1.74 bits per heavy atom. The standard InChI is InChI=1S/C18H19FN2O2/c1-3-14(12-8-10-13(19)11-9-12)18(23)21-16-7-5-4-6-15(16)17(22)20-2/h4-11,14H,3H2,1-2H3,(H,20,22)(H,21,23). The van der Waals surface area contributed by atoms with Crippen LogP contribution in [0.5, 0.6) is 0 Å². The molecule has 4 nitrogen and oxygen atoms in total. The molecule has 0 saturated carbocycles. The van der Waals surface area contributed by atoms with E-state index in [1.165, 1.54) is 19.2 Å². The summed E-state index contributed by atoms with van der Waals surface area (Å²) in [6.45, 7) is 1.89. The first-order valence-corrected chi connectivity index (χ1v) is 7.44. The Hall–Kier alpha value is -2.69. The van der Waals surface area contributed by atoms with Gasteiger partial charge in [-0.05, 0) is 36.2 Å². The minimum atomic E-state index is -0.409. The van der Waals surface area contributed by atoms with Crippen molar-refractivity contribution in [2.75, 3.05) is 12.4 Å². The third-order valence-corrected chi connectivity index (χ3v) is 3.65. The number of anilines is 1. The summed E-state index contributed by atoms with van der Waals surface area (Å²) in [7, 11) is 1.54. The van der Waals surface area contributed by atoms with Crippen molar-refractivity contribution in [3.05, 3.63) is 65.5 Å². The Balaban J connectivity index is 2.23. The fraction of sp³-hybridized carbons (Fsp3) is 0.222. The van der Waals surface area contributed by atoms with Crippen LogP contribution in [0.25, 0.3) is 0 Å². The highest BCUT2D eigenvalue weighted by molar-refractivity contribution is 6.05. The minimum absolute atomic E-state index is 0.226. The molecule has 23 heavy (non-hydrogen) atoms. The highest BCUT2D eigenvalue weighted by Crippen LogP contribution is 2.23. The number of carbonyl (C=O) groups excluding carboxylic acids is 2. The van der Waals surface area contributed by atoms with Crippen LogP contribution in [0.4, 0.5) is 10.1 Å². The Bertz CT molecular complexity index is 698. The van der Waals surface area contributed by atoms with Crippen molar-refractivity contribution in [1.82, 2.24) is 5.32 Å². The maximum atomic E-state index is 13.0. The summed E-state index contributed by atoms with van der Waals surface area (Å²) in [5, 5.41) is 5.34. The Morgan fingerprint density at radius 1 is 1.09 bits per heavy atom. The molecule has 1 unspecified atom stereocenters. The van der Waals surface area contributed by atoms with Gasteiger partial charge in [-0.2, -0.15) is 0 Å². The molecule has 0 aliphatic heterocycles. The highest BCUT2D eigenvalue weighted by Gasteiger charge is 2.20. The van der Waals surface area contributed by atoms with Gasteiger partial charge in [0.25, 0.3) is 5.91 Å². The number of carbonyl (C=O) groups is 2. The van der Waals surface area contributed by atoms with E-state index >= 15 is 0 Å². The average molecular weight is 314 g/mol. The molecule has 2 aromatic carbocycles. The second kappa shape index (κ2) is 7.54. The van der Waals surface area contributed by atoms with Crippen LogP contribution in [0.3, 0.4) is 0 Å². The molecule has 0 aromatic heterocycles. The molecule has 0 saturated heterocycles. The first kappa shape index (κ1) is 16.7. The average Bonchev–Trinajstić information content (AvgIpc) is 2.57. The first-order valence-electron chi connectivity index (χ1n) is 7.44. The van der Waals surface area contributed by atoms with Gasteiger partial charge in [-0.25, -0.2) is 4.39 Å². The lowest BCUT2D eigenvalue weighted by Crippen LogP contribution is -2.24. The van der Waals surface area contributed by atoms with Gasteiger partial charge in [0.2, 0.25) is 5.91 Å². The molecule has 0 heterocycles. The van der Waals surface area contributed by atoms with E-state index in [1.54, 1.807) is 36.4 Å². The molecule has 0 aliphatic rings. The molecule has 2 amide bonds. The van der Waals surface area contributed by atoms with E-state index in [-0.39, 0.29) is 17.6 Å². The summed E-state index contributed by atoms with van der Waals surface area (Å²) in [5.74, 6) is -1.24. The molecular weight excluding hydrogens is 295 g/mol. The molecule has 0 bridgehead atoms. The Labute approximate surface area is 134 Å². The summed E-state index contributed by atoms with van der Waals surface area (Å²) < 4.78 is 13.0. The number of para-hydroxylation sites is 1. The largest absolute Gasteiger partial charge is 0.355 e. The molecule has 0 fully saturated rings. The van der Waals surface area contributed by atoms with Crippen molar-refractivity contribution >= 4 is 17.5 Å². The zero-order valence-electron chi connectivity index (χ0n) is 13.1. The van der Waals surface area contributed by atoms with Crippen molar-refractivity contribution < 1.29 is 14.0 Å². The summed E-state index contributed by atoms with van der Waals surface area (Å²) in [4.78, 5) is 24.4. The monoisotopic (exact) mass is 314 g/mol. The zero-order valence-corrected chi connectivity index (χ0v) is 13.1. The van der Waals surface area contributed by atoms with Crippen LogP contribution >= 0.6 is 0 Å². The van der Waals surface area contributed by atoms with Crippen LogP contribution in [0.2, 0.25) is 0 Å². The second-order valence-electron chi connectivity index (χ2n) is 5.13. The number of halogens is 1. The number of hydrogen-bond donors (Lipinski definition) is 2. The van der Waals surface area contributed by atoms with Gasteiger partial charge in [0.15, 0.2) is 0 Å². The predicted molar refractivity (Wildman–Crippen MR) is 87.9 cm³/mol. The Morgan fingerprint density at radius 3 is 2.35 bits per heavy atom. The minimum Gasteiger partial charge on any atom is -0.355 e. The van der Waals surface area contributed by atoms with Crippen molar-refractivity contribution in [2.45, 2.75) is 19.3 Å². The Kier molecular flexibility index (Phi) is 5.46. The second-order valence-corrected chi connectivity index (χ2v) is 5.13. The molecule has 0 aliphatic carbocycles. The van der Waals surface area contributed by atoms with Gasteiger partial charge < -0.3 is 10.6 Å². The number of hydrogen-bond acceptors (Lipinski definition) is 2. The highest BCUT2D eigenvalue weighted by atomic mass is 19.1. The third-order valence-electron chi connectivity index (χ3n) is 3.65. The fourth-order valence-corrected chi connectivity index (χ4v) is 2.41. The molecule has 5 heteroatoms. The van der Waals surface area contributed by atoms with E-state index in [1.807, 2.05) is 6.92 Å². The summed E-state index contributed by atoms with van der Waals surface area (Å²) in [6.07, 6.45) is 0.569. The van der Waals surface area contributed by atoms with Crippen LogP contribution in [-0.2, 0) is 4.79 Å². The predicted octanol–water partition coefficient (Wildman–Crippen LogP) is 3.32. The normalized spacial score (nSPS) is 11.6. The van der Waals surface area contributed by atoms with Crippen LogP contribution in [-0.4, -0.2) is 18.9 Å². The summed E-state index contributed by atoms with van der Waals surface area (Å²) in [5.41, 5.74) is 1.60. The van der Waals surface area contributed by atoms with Gasteiger partial charge in [0.05, 0.1) is 17.2 Å². The molecule has 0 spiro atoms. The first-order chi connectivity index (χ1) is 11.1. The quantitative estimate of drug-likeness (QED) is 0.889. The van der Waals surface area contributed by atoms with Gasteiger partial charge in [-0.15, -0.1) is 0 Å². The fourth-order valence-electron chi connectivity index (χ4n) is 2.41. The maximum absolute atomic E-state index is 13.0. The molecule has 1 atom stereocenters. The SMILES string of the molecule is CCC(C(=O)Nc1ccccc1C(=O)NC)c1ccc(F)cc1. The van der Waals surface area contributed by atoms with Gasteiger partial charge in [0.1, 0.15) is 5.82 Å². The van der Waals surface area contributed by atoms with E-state index < -0.39 is 5.92 Å². The van der Waals surface area contributed by atoms with Gasteiger partial charge in [-0.1, -0.05) is 31.2 Å². The molecular formula is C18H19FN2O2. The van der Waals surface area contributed by atoms with Crippen molar-refractivity contribution in [3.63, 3.8) is 0 Å². The third kappa shape index (κ3) is 3.94. The van der Waals surface area contributed by atoms with Gasteiger partial charge in [-0.3, -0.25) is 9.59 Å². The zero-order chi connectivity index (χ0) is 16.8. The van der Waals surface area contributed by atoms with E-state index in [9.17, 15) is 14.0 Å². The van der Waals surface area contributed by atoms with Crippen LogP contribution in [0, 0.1) is 5.82 Å². The lowest BCUT2D eigenvalue weighted by molar-refractivity contribution is -0.117. The van der Waals surface area contributed by atoms with Crippen LogP contribution < -0.4 is 10.6 Å². The lowest BCUT2D eigenvalue weighted by atomic mass is 9.95. The number of benzene rings is 2. The molecule has 2 rings (SSSR count). The number of amides is 2. The summed E-state index contributed by atoms with van der Waals surface area (Å²) in [6, 6.07) is 12.7.